The second-order valence-corrected chi connectivity index (χ2v) is 11.8. The Morgan fingerprint density at radius 1 is 1.00 bits per heavy atom. The molecule has 1 saturated heterocycles. The van der Waals surface area contributed by atoms with E-state index in [-0.39, 0.29) is 59.1 Å². The van der Waals surface area contributed by atoms with Crippen LogP contribution < -0.4 is 5.73 Å². The molecule has 230 valence electrons. The van der Waals surface area contributed by atoms with Crippen LogP contribution >= 0.6 is 0 Å². The smallest absolute Gasteiger partial charge is 0.198 e. The van der Waals surface area contributed by atoms with Crippen LogP contribution in [0.5, 0.6) is 11.5 Å². The Kier molecular flexibility index (Phi) is 7.89. The van der Waals surface area contributed by atoms with Gasteiger partial charge in [0.1, 0.15) is 17.1 Å². The average molecular weight is 602 g/mol. The zero-order valence-corrected chi connectivity index (χ0v) is 24.5. The number of hydrogen-bond acceptors (Lipinski definition) is 10. The number of hydrogen-bond donors (Lipinski definition) is 4. The van der Waals surface area contributed by atoms with Gasteiger partial charge in [0.25, 0.3) is 0 Å². The summed E-state index contributed by atoms with van der Waals surface area (Å²) in [6.45, 7) is 3.75. The molecule has 3 aromatic carbocycles. The Bertz CT molecular complexity index is 1630. The first-order chi connectivity index (χ1) is 21.0. The second kappa shape index (κ2) is 11.5. The molecule has 1 aliphatic heterocycles. The van der Waals surface area contributed by atoms with Crippen molar-refractivity contribution < 1.29 is 43.9 Å². The Morgan fingerprint density at radius 2 is 1.61 bits per heavy atom. The molecule has 2 aliphatic carbocycles. The Labute approximate surface area is 254 Å². The number of aliphatic hydroxyl groups is 1. The van der Waals surface area contributed by atoms with E-state index in [2.05, 4.69) is 0 Å². The monoisotopic (exact) mass is 601 g/mol. The van der Waals surface area contributed by atoms with Crippen molar-refractivity contribution in [2.24, 2.45) is 5.73 Å². The van der Waals surface area contributed by atoms with Crippen molar-refractivity contribution in [3.05, 3.63) is 93.5 Å². The molecule has 1 heterocycles. The van der Waals surface area contributed by atoms with Crippen LogP contribution in [0.25, 0.3) is 0 Å². The normalized spacial score (nSPS) is 27.8. The first kappa shape index (κ1) is 30.1. The zero-order valence-electron chi connectivity index (χ0n) is 24.5. The predicted octanol–water partition coefficient (Wildman–Crippen LogP) is 3.63. The van der Waals surface area contributed by atoms with E-state index in [4.69, 9.17) is 19.9 Å². The van der Waals surface area contributed by atoms with Gasteiger partial charge in [0.2, 0.25) is 0 Å². The largest absolute Gasteiger partial charge is 0.507 e. The summed E-state index contributed by atoms with van der Waals surface area (Å²) in [4.78, 5) is 40.0. The van der Waals surface area contributed by atoms with E-state index < -0.39 is 65.1 Å². The predicted molar refractivity (Wildman–Crippen MR) is 157 cm³/mol. The summed E-state index contributed by atoms with van der Waals surface area (Å²) in [6.07, 6.45) is -3.49. The van der Waals surface area contributed by atoms with Crippen molar-refractivity contribution in [2.45, 2.75) is 82.4 Å². The molecule has 0 bridgehead atoms. The molecule has 6 unspecified atom stereocenters. The highest BCUT2D eigenvalue weighted by atomic mass is 16.7. The summed E-state index contributed by atoms with van der Waals surface area (Å²) in [7, 11) is 0. The lowest BCUT2D eigenvalue weighted by Crippen LogP contribution is -2.53. The van der Waals surface area contributed by atoms with Gasteiger partial charge in [-0.3, -0.25) is 14.4 Å². The lowest BCUT2D eigenvalue weighted by Gasteiger charge is -2.43. The maximum Gasteiger partial charge on any atom is 0.198 e. The fraction of sp³-hybridized carbons (Fsp3) is 0.382. The van der Waals surface area contributed by atoms with E-state index >= 15 is 0 Å². The first-order valence-electron chi connectivity index (χ1n) is 14.8. The van der Waals surface area contributed by atoms with Crippen LogP contribution in [0.2, 0.25) is 0 Å². The number of phenolic OH excluding ortho intramolecular Hbond substituents is 2. The number of nitrogens with two attached hydrogens (primary N) is 1. The molecule has 3 aromatic rings. The summed E-state index contributed by atoms with van der Waals surface area (Å²) in [5.41, 5.74) is 5.02. The number of fused-ring (bicyclic) bond motifs is 3. The van der Waals surface area contributed by atoms with E-state index in [9.17, 15) is 29.7 Å². The average Bonchev–Trinajstić information content (AvgIpc) is 3.01. The lowest BCUT2D eigenvalue weighted by atomic mass is 9.71. The molecule has 0 saturated carbocycles. The number of phenols is 2. The Balaban J connectivity index is 1.34. The van der Waals surface area contributed by atoms with Gasteiger partial charge in [-0.25, -0.2) is 0 Å². The molecular weight excluding hydrogens is 566 g/mol. The molecule has 3 aliphatic rings. The van der Waals surface area contributed by atoms with Gasteiger partial charge < -0.3 is 35.3 Å². The molecule has 0 spiro atoms. The molecule has 6 atom stereocenters. The summed E-state index contributed by atoms with van der Waals surface area (Å²) in [5, 5.41) is 34.6. The third-order valence-corrected chi connectivity index (χ3v) is 8.93. The molecule has 0 radical (unpaired) electrons. The third-order valence-electron chi connectivity index (χ3n) is 8.93. The molecule has 5 N–H and O–H groups in total. The van der Waals surface area contributed by atoms with Gasteiger partial charge in [0, 0.05) is 54.0 Å². The summed E-state index contributed by atoms with van der Waals surface area (Å²) in [6, 6.07) is 15.3. The summed E-state index contributed by atoms with van der Waals surface area (Å²) in [5.74, 6) is -2.87. The molecule has 44 heavy (non-hydrogen) atoms. The topological polar surface area (TPSA) is 166 Å². The minimum absolute atomic E-state index is 0.00327. The van der Waals surface area contributed by atoms with Gasteiger partial charge in [-0.2, -0.15) is 0 Å². The van der Waals surface area contributed by atoms with E-state index in [0.717, 1.165) is 5.56 Å². The molecule has 1 fully saturated rings. The van der Waals surface area contributed by atoms with Gasteiger partial charge in [-0.05, 0) is 12.5 Å². The van der Waals surface area contributed by atoms with Crippen LogP contribution in [0, 0.1) is 0 Å². The number of carbonyl (C=O) groups is 3. The zero-order chi connectivity index (χ0) is 31.3. The van der Waals surface area contributed by atoms with Crippen LogP contribution in [0.3, 0.4) is 0 Å². The van der Waals surface area contributed by atoms with Crippen LogP contribution in [-0.4, -0.2) is 62.8 Å². The first-order valence-corrected chi connectivity index (χ1v) is 14.8. The van der Waals surface area contributed by atoms with Gasteiger partial charge in [-0.15, -0.1) is 0 Å². The number of aromatic hydroxyl groups is 2. The minimum atomic E-state index is -1.96. The third kappa shape index (κ3) is 5.02. The number of benzene rings is 3. The van der Waals surface area contributed by atoms with Crippen LogP contribution in [0.15, 0.2) is 54.6 Å². The highest BCUT2D eigenvalue weighted by Gasteiger charge is 2.49. The maximum atomic E-state index is 13.6. The van der Waals surface area contributed by atoms with E-state index in [0.29, 0.717) is 6.61 Å². The van der Waals surface area contributed by atoms with E-state index in [1.165, 1.54) is 12.1 Å². The van der Waals surface area contributed by atoms with Crippen molar-refractivity contribution in [3.8, 4) is 11.5 Å². The SMILES string of the molecule is CCC(=O)C1(O)Cc2c(O)c3c(c(O)c2C(OC2CC(N)C(OCc4ccccc4)C(C)O2)C1)C(=O)c1ccccc1C3=O. The molecular formula is C34H35NO9. The molecule has 10 nitrogen and oxygen atoms in total. The molecule has 0 amide bonds. The summed E-state index contributed by atoms with van der Waals surface area (Å²) < 4.78 is 18.5. The van der Waals surface area contributed by atoms with Crippen molar-refractivity contribution in [1.82, 2.24) is 0 Å². The minimum Gasteiger partial charge on any atom is -0.507 e. The van der Waals surface area contributed by atoms with Crippen molar-refractivity contribution >= 4 is 17.3 Å². The standard InChI is InChI=1S/C34H35NO9/c1-3-24(36)34(41)14-21-26(32(40)28-27(31(21)39)29(37)19-11-7-8-12-20(19)30(28)38)23(15-34)44-25-13-22(35)33(17(2)43-25)42-16-18-9-5-4-6-10-18/h4-12,17,22-23,25,33,39-41H,3,13-16,35H2,1-2H3. The highest BCUT2D eigenvalue weighted by molar-refractivity contribution is 6.30. The quantitative estimate of drug-likeness (QED) is 0.230. The van der Waals surface area contributed by atoms with Crippen LogP contribution in [0.4, 0.5) is 0 Å². The lowest BCUT2D eigenvalue weighted by molar-refractivity contribution is -0.254. The Hall–Kier alpha value is -3.93. The van der Waals surface area contributed by atoms with E-state index in [1.54, 1.807) is 26.0 Å². The summed E-state index contributed by atoms with van der Waals surface area (Å²) >= 11 is 0. The van der Waals surface area contributed by atoms with Crippen molar-refractivity contribution in [3.63, 3.8) is 0 Å². The van der Waals surface area contributed by atoms with Gasteiger partial charge in [0.05, 0.1) is 36.0 Å². The van der Waals surface area contributed by atoms with Gasteiger partial charge >= 0.3 is 0 Å². The highest BCUT2D eigenvalue weighted by Crippen LogP contribution is 2.52. The van der Waals surface area contributed by atoms with Crippen LogP contribution in [0.1, 0.15) is 87.7 Å². The Morgan fingerprint density at radius 3 is 2.23 bits per heavy atom. The fourth-order valence-electron chi connectivity index (χ4n) is 6.71. The molecule has 0 aromatic heterocycles. The number of ether oxygens (including phenoxy) is 3. The molecule has 10 heteroatoms. The molecule has 6 rings (SSSR count). The van der Waals surface area contributed by atoms with Crippen LogP contribution in [-0.2, 0) is 32.0 Å². The second-order valence-electron chi connectivity index (χ2n) is 11.8. The number of carbonyl (C=O) groups excluding carboxylic acids is 3. The van der Waals surface area contributed by atoms with Crippen molar-refractivity contribution in [1.29, 1.82) is 0 Å². The fourth-order valence-corrected chi connectivity index (χ4v) is 6.71. The van der Waals surface area contributed by atoms with Crippen molar-refractivity contribution in [2.75, 3.05) is 0 Å². The number of ketones is 3. The number of Topliss-reactive ketones (excluding diaryl/α,β-unsaturated/α-hetero) is 1. The van der Waals surface area contributed by atoms with Gasteiger partial charge in [-0.1, -0.05) is 61.5 Å². The number of rotatable bonds is 7. The van der Waals surface area contributed by atoms with E-state index in [1.807, 2.05) is 30.3 Å². The van der Waals surface area contributed by atoms with Gasteiger partial charge in [0.15, 0.2) is 23.6 Å². The maximum absolute atomic E-state index is 13.6.